The van der Waals surface area contributed by atoms with Gasteiger partial charge >= 0.3 is 0 Å². The Kier molecular flexibility index (Phi) is 4.36. The van der Waals surface area contributed by atoms with Crippen molar-refractivity contribution in [3.05, 3.63) is 35.9 Å². The van der Waals surface area contributed by atoms with Gasteiger partial charge in [-0.2, -0.15) is 0 Å². The van der Waals surface area contributed by atoms with E-state index in [1.165, 1.54) is 19.3 Å². The molecule has 2 heterocycles. The van der Waals surface area contributed by atoms with Crippen LogP contribution in [-0.4, -0.2) is 41.9 Å². The van der Waals surface area contributed by atoms with Gasteiger partial charge in [-0.3, -0.25) is 9.69 Å². The summed E-state index contributed by atoms with van der Waals surface area (Å²) in [5.74, 6) is 0.317. The number of rotatable bonds is 3. The molecule has 0 N–H and O–H groups in total. The third-order valence-corrected chi connectivity index (χ3v) is 4.52. The second-order valence-electron chi connectivity index (χ2n) is 5.94. The molecule has 3 nitrogen and oxygen atoms in total. The van der Waals surface area contributed by atoms with Gasteiger partial charge in [0.1, 0.15) is 6.04 Å². The Morgan fingerprint density at radius 1 is 0.850 bits per heavy atom. The zero-order chi connectivity index (χ0) is 13.8. The van der Waals surface area contributed by atoms with Crippen LogP contribution >= 0.6 is 0 Å². The highest BCUT2D eigenvalue weighted by Gasteiger charge is 2.33. The Bertz CT molecular complexity index is 434. The van der Waals surface area contributed by atoms with Crippen molar-refractivity contribution < 1.29 is 4.79 Å². The highest BCUT2D eigenvalue weighted by atomic mass is 16.2. The van der Waals surface area contributed by atoms with Crippen molar-refractivity contribution >= 4 is 5.91 Å². The number of benzene rings is 1. The Balaban J connectivity index is 1.82. The molecular formula is C17H24N2O. The van der Waals surface area contributed by atoms with Crippen LogP contribution in [0, 0.1) is 0 Å². The zero-order valence-electron chi connectivity index (χ0n) is 12.1. The molecule has 0 radical (unpaired) electrons. The number of carbonyl (C=O) groups is 1. The van der Waals surface area contributed by atoms with E-state index in [1.807, 2.05) is 18.2 Å². The molecular weight excluding hydrogens is 248 g/mol. The fraction of sp³-hybridized carbons (Fsp3) is 0.588. The first-order chi connectivity index (χ1) is 9.86. The van der Waals surface area contributed by atoms with Crippen molar-refractivity contribution in [3.8, 4) is 0 Å². The summed E-state index contributed by atoms with van der Waals surface area (Å²) in [6.07, 6.45) is 6.03. The number of likely N-dealkylation sites (tertiary alicyclic amines) is 2. The van der Waals surface area contributed by atoms with Crippen molar-refractivity contribution in [1.82, 2.24) is 9.80 Å². The number of hydrogen-bond acceptors (Lipinski definition) is 2. The highest BCUT2D eigenvalue weighted by molar-refractivity contribution is 5.83. The highest BCUT2D eigenvalue weighted by Crippen LogP contribution is 2.28. The number of piperidine rings is 1. The average molecular weight is 272 g/mol. The van der Waals surface area contributed by atoms with E-state index < -0.39 is 0 Å². The van der Waals surface area contributed by atoms with Crippen LogP contribution in [0.25, 0.3) is 0 Å². The minimum absolute atomic E-state index is 0.0585. The van der Waals surface area contributed by atoms with E-state index >= 15 is 0 Å². The lowest BCUT2D eigenvalue weighted by Gasteiger charge is -2.34. The van der Waals surface area contributed by atoms with Gasteiger partial charge in [-0.25, -0.2) is 0 Å². The summed E-state index contributed by atoms with van der Waals surface area (Å²) in [5.41, 5.74) is 1.16. The molecule has 1 atom stereocenters. The summed E-state index contributed by atoms with van der Waals surface area (Å²) in [5, 5.41) is 0. The molecule has 0 unspecified atom stereocenters. The quantitative estimate of drug-likeness (QED) is 0.844. The average Bonchev–Trinajstić information content (AvgIpc) is 3.03. The topological polar surface area (TPSA) is 23.6 Å². The van der Waals surface area contributed by atoms with Crippen LogP contribution in [0.3, 0.4) is 0 Å². The lowest BCUT2D eigenvalue weighted by atomic mass is 10.0. The molecule has 2 saturated heterocycles. The minimum Gasteiger partial charge on any atom is -0.341 e. The maximum Gasteiger partial charge on any atom is 0.244 e. The summed E-state index contributed by atoms with van der Waals surface area (Å²) >= 11 is 0. The molecule has 0 spiro atoms. The zero-order valence-corrected chi connectivity index (χ0v) is 12.1. The molecule has 3 rings (SSSR count). The van der Waals surface area contributed by atoms with E-state index in [0.717, 1.165) is 44.6 Å². The molecule has 3 heteroatoms. The van der Waals surface area contributed by atoms with Gasteiger partial charge in [0.05, 0.1) is 0 Å². The predicted molar refractivity (Wildman–Crippen MR) is 80.4 cm³/mol. The first kappa shape index (κ1) is 13.6. The van der Waals surface area contributed by atoms with Crippen molar-refractivity contribution in [2.45, 2.75) is 38.1 Å². The molecule has 108 valence electrons. The first-order valence-electron chi connectivity index (χ1n) is 7.94. The van der Waals surface area contributed by atoms with Gasteiger partial charge < -0.3 is 4.90 Å². The molecule has 1 aromatic carbocycles. The van der Waals surface area contributed by atoms with Gasteiger partial charge in [-0.1, -0.05) is 30.3 Å². The third kappa shape index (κ3) is 2.88. The molecule has 0 bridgehead atoms. The lowest BCUT2D eigenvalue weighted by Crippen LogP contribution is -2.44. The van der Waals surface area contributed by atoms with Crippen molar-refractivity contribution in [1.29, 1.82) is 0 Å². The Morgan fingerprint density at radius 2 is 1.45 bits per heavy atom. The van der Waals surface area contributed by atoms with E-state index in [4.69, 9.17) is 0 Å². The molecule has 0 saturated carbocycles. The number of hydrogen-bond donors (Lipinski definition) is 0. The molecule has 2 aliphatic rings. The van der Waals surface area contributed by atoms with Crippen LogP contribution < -0.4 is 0 Å². The van der Waals surface area contributed by atoms with Gasteiger partial charge in [0.15, 0.2) is 0 Å². The van der Waals surface area contributed by atoms with Crippen molar-refractivity contribution in [2.75, 3.05) is 26.2 Å². The third-order valence-electron chi connectivity index (χ3n) is 4.52. The SMILES string of the molecule is O=C([C@H](c1ccccc1)N1CCCC1)N1CCCCC1. The largest absolute Gasteiger partial charge is 0.341 e. The van der Waals surface area contributed by atoms with E-state index in [9.17, 15) is 4.79 Å². The number of nitrogens with zero attached hydrogens (tertiary/aromatic N) is 2. The minimum atomic E-state index is -0.0585. The maximum atomic E-state index is 13.0. The number of amides is 1. The molecule has 1 aromatic rings. The Morgan fingerprint density at radius 3 is 2.10 bits per heavy atom. The van der Waals surface area contributed by atoms with Crippen LogP contribution in [-0.2, 0) is 4.79 Å². The fourth-order valence-corrected chi connectivity index (χ4v) is 3.43. The maximum absolute atomic E-state index is 13.0. The molecule has 0 aromatic heterocycles. The van der Waals surface area contributed by atoms with Gasteiger partial charge in [-0.15, -0.1) is 0 Å². The van der Waals surface area contributed by atoms with Gasteiger partial charge in [0.25, 0.3) is 0 Å². The Hall–Kier alpha value is -1.35. The van der Waals surface area contributed by atoms with Crippen LogP contribution in [0.1, 0.15) is 43.7 Å². The van der Waals surface area contributed by atoms with Crippen LogP contribution in [0.5, 0.6) is 0 Å². The fourth-order valence-electron chi connectivity index (χ4n) is 3.43. The number of carbonyl (C=O) groups excluding carboxylic acids is 1. The van der Waals surface area contributed by atoms with Crippen molar-refractivity contribution in [2.24, 2.45) is 0 Å². The Labute approximate surface area is 121 Å². The summed E-state index contributed by atoms with van der Waals surface area (Å²) in [4.78, 5) is 17.4. The van der Waals surface area contributed by atoms with E-state index in [0.29, 0.717) is 5.91 Å². The van der Waals surface area contributed by atoms with Crippen LogP contribution in [0.15, 0.2) is 30.3 Å². The first-order valence-corrected chi connectivity index (χ1v) is 7.94. The van der Waals surface area contributed by atoms with E-state index in [2.05, 4.69) is 21.9 Å². The van der Waals surface area contributed by atoms with Crippen LogP contribution in [0.2, 0.25) is 0 Å². The monoisotopic (exact) mass is 272 g/mol. The van der Waals surface area contributed by atoms with E-state index in [1.54, 1.807) is 0 Å². The lowest BCUT2D eigenvalue weighted by molar-refractivity contribution is -0.137. The summed E-state index contributed by atoms with van der Waals surface area (Å²) < 4.78 is 0. The second kappa shape index (κ2) is 6.40. The summed E-state index contributed by atoms with van der Waals surface area (Å²) in [6, 6.07) is 10.3. The van der Waals surface area contributed by atoms with Crippen LogP contribution in [0.4, 0.5) is 0 Å². The van der Waals surface area contributed by atoms with Gasteiger partial charge in [0, 0.05) is 13.1 Å². The molecule has 20 heavy (non-hydrogen) atoms. The molecule has 2 fully saturated rings. The predicted octanol–water partition coefficient (Wildman–Crippen LogP) is 2.84. The molecule has 0 aliphatic carbocycles. The second-order valence-corrected chi connectivity index (χ2v) is 5.94. The smallest absolute Gasteiger partial charge is 0.244 e. The van der Waals surface area contributed by atoms with Gasteiger partial charge in [0.2, 0.25) is 5.91 Å². The standard InChI is InChI=1S/C17H24N2O/c20-17(19-13-5-2-6-14-19)16(18-11-7-8-12-18)15-9-3-1-4-10-15/h1,3-4,9-10,16H,2,5-8,11-14H2/t16-/m0/s1. The summed E-state index contributed by atoms with van der Waals surface area (Å²) in [7, 11) is 0. The van der Waals surface area contributed by atoms with Crippen molar-refractivity contribution in [3.63, 3.8) is 0 Å². The van der Waals surface area contributed by atoms with Gasteiger partial charge in [-0.05, 0) is 50.8 Å². The molecule has 1 amide bonds. The summed E-state index contributed by atoms with van der Waals surface area (Å²) in [6.45, 7) is 3.99. The normalized spacial score (nSPS) is 21.9. The molecule has 2 aliphatic heterocycles. The van der Waals surface area contributed by atoms with E-state index in [-0.39, 0.29) is 6.04 Å².